The molecule has 154 valence electrons. The Kier molecular flexibility index (Phi) is 4.08. The van der Waals surface area contributed by atoms with Crippen LogP contribution in [0.3, 0.4) is 0 Å². The summed E-state index contributed by atoms with van der Waals surface area (Å²) in [6.07, 6.45) is 4.94. The van der Waals surface area contributed by atoms with Crippen molar-refractivity contribution in [3.8, 4) is 0 Å². The number of allylic oxidation sites excluding steroid dienone is 2. The number of aryl methyl sites for hydroxylation is 2. The van der Waals surface area contributed by atoms with Gasteiger partial charge in [-0.05, 0) is 62.4 Å². The van der Waals surface area contributed by atoms with Crippen LogP contribution >= 0.6 is 0 Å². The molecule has 2 bridgehead atoms. The molecule has 1 N–H and O–H groups in total. The molecule has 8 nitrogen and oxygen atoms in total. The lowest BCUT2D eigenvalue weighted by molar-refractivity contribution is -0.123. The van der Waals surface area contributed by atoms with Crippen LogP contribution in [0.5, 0.6) is 0 Å². The Morgan fingerprint density at radius 3 is 2.00 bits per heavy atom. The molecule has 1 aromatic carbocycles. The number of fused-ring (bicyclic) bond motifs is 5. The number of sulfonamides is 1. The molecule has 5 rings (SSSR count). The summed E-state index contributed by atoms with van der Waals surface area (Å²) in [6.45, 7) is 3.50. The minimum Gasteiger partial charge on any atom is -0.274 e. The summed E-state index contributed by atoms with van der Waals surface area (Å²) in [5.41, 5.74) is 1.69. The van der Waals surface area contributed by atoms with Crippen LogP contribution < -0.4 is 9.62 Å². The third-order valence-corrected chi connectivity index (χ3v) is 7.43. The predicted molar refractivity (Wildman–Crippen MR) is 109 cm³/mol. The maximum atomic E-state index is 12.9. The van der Waals surface area contributed by atoms with Crippen LogP contribution in [0, 0.1) is 37.5 Å². The first kappa shape index (κ1) is 18.9. The molecule has 1 aromatic heterocycles. The molecule has 2 amide bonds. The molecule has 2 heterocycles. The number of aromatic nitrogens is 2. The fraction of sp³-hybridized carbons (Fsp3) is 0.333. The summed E-state index contributed by atoms with van der Waals surface area (Å²) in [4.78, 5) is 35.2. The Balaban J connectivity index is 1.39. The molecule has 4 atom stereocenters. The van der Waals surface area contributed by atoms with Gasteiger partial charge in [-0.15, -0.1) is 0 Å². The van der Waals surface area contributed by atoms with Crippen LogP contribution in [-0.4, -0.2) is 30.2 Å². The molecule has 0 spiro atoms. The number of hydrogen-bond donors (Lipinski definition) is 1. The number of imide groups is 1. The maximum absolute atomic E-state index is 12.9. The monoisotopic (exact) mass is 424 g/mol. The average molecular weight is 424 g/mol. The molecule has 3 aliphatic rings. The first-order valence-electron chi connectivity index (χ1n) is 9.76. The highest BCUT2D eigenvalue weighted by Gasteiger charge is 2.59. The Morgan fingerprint density at radius 1 is 0.933 bits per heavy atom. The summed E-state index contributed by atoms with van der Waals surface area (Å²) in [5.74, 6) is -0.722. The third-order valence-electron chi connectivity index (χ3n) is 6.08. The lowest BCUT2D eigenvalue weighted by atomic mass is 9.85. The molecular formula is C21H20N4O4S. The number of hydrogen-bond acceptors (Lipinski definition) is 6. The van der Waals surface area contributed by atoms with Crippen LogP contribution in [0.15, 0.2) is 47.4 Å². The zero-order valence-electron chi connectivity index (χ0n) is 16.4. The zero-order chi connectivity index (χ0) is 21.2. The van der Waals surface area contributed by atoms with E-state index in [4.69, 9.17) is 0 Å². The van der Waals surface area contributed by atoms with Crippen molar-refractivity contribution in [2.45, 2.75) is 25.2 Å². The van der Waals surface area contributed by atoms with Gasteiger partial charge >= 0.3 is 0 Å². The number of nitrogens with one attached hydrogen (secondary N) is 1. The Morgan fingerprint density at radius 2 is 1.47 bits per heavy atom. The van der Waals surface area contributed by atoms with E-state index in [1.807, 2.05) is 12.2 Å². The molecule has 2 aliphatic carbocycles. The lowest BCUT2D eigenvalue weighted by Crippen LogP contribution is -2.32. The lowest BCUT2D eigenvalue weighted by Gasteiger charge is -2.17. The third kappa shape index (κ3) is 2.84. The normalized spacial score (nSPS) is 27.1. The molecule has 2 fully saturated rings. The van der Waals surface area contributed by atoms with Gasteiger partial charge in [0.25, 0.3) is 10.0 Å². The van der Waals surface area contributed by atoms with E-state index >= 15 is 0 Å². The van der Waals surface area contributed by atoms with Crippen molar-refractivity contribution in [1.29, 1.82) is 0 Å². The van der Waals surface area contributed by atoms with Gasteiger partial charge in [-0.25, -0.2) is 23.1 Å². The first-order valence-corrected chi connectivity index (χ1v) is 11.2. The number of rotatable bonds is 4. The number of nitrogens with zero attached hydrogens (tertiary/aromatic N) is 3. The van der Waals surface area contributed by atoms with Gasteiger partial charge in [0.05, 0.1) is 22.4 Å². The van der Waals surface area contributed by atoms with Gasteiger partial charge < -0.3 is 0 Å². The van der Waals surface area contributed by atoms with Crippen molar-refractivity contribution in [3.05, 3.63) is 53.9 Å². The van der Waals surface area contributed by atoms with E-state index in [0.29, 0.717) is 17.1 Å². The van der Waals surface area contributed by atoms with Gasteiger partial charge in [0.15, 0.2) is 0 Å². The van der Waals surface area contributed by atoms with Crippen LogP contribution in [0.1, 0.15) is 17.8 Å². The second kappa shape index (κ2) is 6.46. The molecule has 0 radical (unpaired) electrons. The molecular weight excluding hydrogens is 404 g/mol. The SMILES string of the molecule is Cc1cc(C)nc(NS(=O)(=O)c2ccc(N3C(=O)[C@@H]4[C@H](C3=O)[C@H]3C=C[C@H]4C3)cc2)n1. The van der Waals surface area contributed by atoms with Gasteiger partial charge in [-0.3, -0.25) is 14.5 Å². The van der Waals surface area contributed by atoms with Crippen molar-refractivity contribution >= 4 is 33.5 Å². The topological polar surface area (TPSA) is 109 Å². The summed E-state index contributed by atoms with van der Waals surface area (Å²) in [5, 5.41) is 0. The standard InChI is InChI=1S/C21H20N4O4S/c1-11-9-12(2)23-21(22-11)24-30(28,29)16-7-5-15(6-8-16)25-19(26)17-13-3-4-14(10-13)18(17)20(25)27/h3-9,13-14,17-18H,10H2,1-2H3,(H,22,23,24)/t13-,14-,17-,18+/m0/s1. The molecule has 1 saturated heterocycles. The van der Waals surface area contributed by atoms with Crippen molar-refractivity contribution in [3.63, 3.8) is 0 Å². The molecule has 30 heavy (non-hydrogen) atoms. The van der Waals surface area contributed by atoms with Gasteiger partial charge in [0, 0.05) is 11.4 Å². The van der Waals surface area contributed by atoms with Crippen molar-refractivity contribution < 1.29 is 18.0 Å². The highest BCUT2D eigenvalue weighted by atomic mass is 32.2. The Bertz CT molecular complexity index is 1160. The van der Waals surface area contributed by atoms with E-state index in [1.54, 1.807) is 19.9 Å². The smallest absolute Gasteiger partial charge is 0.264 e. The van der Waals surface area contributed by atoms with Crippen LogP contribution in [0.4, 0.5) is 11.6 Å². The van der Waals surface area contributed by atoms with E-state index in [-0.39, 0.29) is 46.3 Å². The van der Waals surface area contributed by atoms with Crippen molar-refractivity contribution in [2.75, 3.05) is 9.62 Å². The maximum Gasteiger partial charge on any atom is 0.264 e. The van der Waals surface area contributed by atoms with Gasteiger partial charge in [0.2, 0.25) is 17.8 Å². The van der Waals surface area contributed by atoms with E-state index in [2.05, 4.69) is 14.7 Å². The van der Waals surface area contributed by atoms with E-state index < -0.39 is 10.0 Å². The summed E-state index contributed by atoms with van der Waals surface area (Å²) >= 11 is 0. The average Bonchev–Trinajstić information content (AvgIpc) is 3.34. The largest absolute Gasteiger partial charge is 0.274 e. The first-order chi connectivity index (χ1) is 14.2. The van der Waals surface area contributed by atoms with E-state index in [1.165, 1.54) is 29.2 Å². The number of amides is 2. The Labute approximate surface area is 174 Å². The van der Waals surface area contributed by atoms with E-state index in [9.17, 15) is 18.0 Å². The predicted octanol–water partition coefficient (Wildman–Crippen LogP) is 2.21. The molecule has 1 saturated carbocycles. The Hall–Kier alpha value is -3.07. The number of anilines is 2. The molecule has 1 aliphatic heterocycles. The second-order valence-corrected chi connectivity index (χ2v) is 9.77. The number of benzene rings is 1. The zero-order valence-corrected chi connectivity index (χ0v) is 17.3. The molecule has 9 heteroatoms. The minimum absolute atomic E-state index is 0.00252. The van der Waals surface area contributed by atoms with Crippen molar-refractivity contribution in [1.82, 2.24) is 9.97 Å². The number of carbonyl (C=O) groups excluding carboxylic acids is 2. The van der Waals surface area contributed by atoms with Crippen LogP contribution in [0.2, 0.25) is 0 Å². The summed E-state index contributed by atoms with van der Waals surface area (Å²) in [7, 11) is -3.91. The molecule has 0 unspecified atom stereocenters. The fourth-order valence-electron chi connectivity index (χ4n) is 4.88. The summed E-state index contributed by atoms with van der Waals surface area (Å²) < 4.78 is 27.8. The van der Waals surface area contributed by atoms with Crippen molar-refractivity contribution in [2.24, 2.45) is 23.7 Å². The summed E-state index contributed by atoms with van der Waals surface area (Å²) in [6, 6.07) is 7.48. The van der Waals surface area contributed by atoms with Gasteiger partial charge in [0.1, 0.15) is 0 Å². The van der Waals surface area contributed by atoms with E-state index in [0.717, 1.165) is 6.42 Å². The minimum atomic E-state index is -3.91. The highest BCUT2D eigenvalue weighted by Crippen LogP contribution is 2.53. The van der Waals surface area contributed by atoms with Crippen LogP contribution in [-0.2, 0) is 19.6 Å². The quantitative estimate of drug-likeness (QED) is 0.595. The number of carbonyl (C=O) groups is 2. The second-order valence-electron chi connectivity index (χ2n) is 8.09. The van der Waals surface area contributed by atoms with Gasteiger partial charge in [-0.2, -0.15) is 0 Å². The highest BCUT2D eigenvalue weighted by molar-refractivity contribution is 7.92. The van der Waals surface area contributed by atoms with Gasteiger partial charge in [-0.1, -0.05) is 12.2 Å². The van der Waals surface area contributed by atoms with Crippen LogP contribution in [0.25, 0.3) is 0 Å². The molecule has 2 aromatic rings. The fourth-order valence-corrected chi connectivity index (χ4v) is 5.83.